The second-order valence-corrected chi connectivity index (χ2v) is 4.77. The van der Waals surface area contributed by atoms with E-state index in [0.717, 1.165) is 30.9 Å². The Labute approximate surface area is 108 Å². The fourth-order valence-electron chi connectivity index (χ4n) is 2.04. The summed E-state index contributed by atoms with van der Waals surface area (Å²) in [5.41, 5.74) is 0.902. The molecule has 0 unspecified atom stereocenters. The monoisotopic (exact) mass is 248 g/mol. The van der Waals surface area contributed by atoms with Crippen LogP contribution in [0.2, 0.25) is 0 Å². The van der Waals surface area contributed by atoms with Crippen LogP contribution in [0.1, 0.15) is 12.8 Å². The number of hydrogen-bond acceptors (Lipinski definition) is 3. The fraction of sp³-hybridized carbons (Fsp3) is 0.500. The molecule has 1 aromatic rings. The number of para-hydroxylation sites is 2. The number of anilines is 1. The van der Waals surface area contributed by atoms with Crippen molar-refractivity contribution in [3.63, 3.8) is 0 Å². The molecule has 4 nitrogen and oxygen atoms in total. The van der Waals surface area contributed by atoms with Crippen LogP contribution in [-0.4, -0.2) is 44.6 Å². The summed E-state index contributed by atoms with van der Waals surface area (Å²) in [5.74, 6) is 0.981. The Bertz CT molecular complexity index is 418. The van der Waals surface area contributed by atoms with Gasteiger partial charge < -0.3 is 14.5 Å². The highest BCUT2D eigenvalue weighted by atomic mass is 16.5. The minimum absolute atomic E-state index is 0.168. The normalized spacial score (nSPS) is 14.9. The maximum absolute atomic E-state index is 12.3. The van der Waals surface area contributed by atoms with Gasteiger partial charge in [-0.2, -0.15) is 0 Å². The van der Waals surface area contributed by atoms with Crippen LogP contribution >= 0.6 is 0 Å². The highest BCUT2D eigenvalue weighted by molar-refractivity contribution is 5.95. The van der Waals surface area contributed by atoms with Crippen molar-refractivity contribution in [2.75, 3.05) is 38.7 Å². The Balaban J connectivity index is 2.14. The fourth-order valence-corrected chi connectivity index (χ4v) is 2.04. The van der Waals surface area contributed by atoms with Gasteiger partial charge in [0.2, 0.25) is 5.91 Å². The van der Waals surface area contributed by atoms with Crippen LogP contribution in [0.5, 0.6) is 5.75 Å². The average molecular weight is 248 g/mol. The summed E-state index contributed by atoms with van der Waals surface area (Å²) < 4.78 is 5.65. The molecule has 98 valence electrons. The van der Waals surface area contributed by atoms with Crippen LogP contribution in [0.4, 0.5) is 5.69 Å². The molecule has 1 aliphatic rings. The van der Waals surface area contributed by atoms with Crippen molar-refractivity contribution in [3.05, 3.63) is 24.3 Å². The average Bonchev–Trinajstić information content (AvgIpc) is 2.58. The van der Waals surface area contributed by atoms with Crippen LogP contribution < -0.4 is 9.64 Å². The summed E-state index contributed by atoms with van der Waals surface area (Å²) in [5, 5.41) is 0. The molecule has 0 spiro atoms. The van der Waals surface area contributed by atoms with E-state index in [-0.39, 0.29) is 5.91 Å². The predicted molar refractivity (Wildman–Crippen MR) is 72.1 cm³/mol. The molecule has 0 saturated carbocycles. The molecule has 2 rings (SSSR count). The predicted octanol–water partition coefficient (Wildman–Crippen LogP) is 1.75. The lowest BCUT2D eigenvalue weighted by Crippen LogP contribution is -2.33. The Morgan fingerprint density at radius 2 is 2.17 bits per heavy atom. The molecular weight excluding hydrogens is 228 g/mol. The van der Waals surface area contributed by atoms with Crippen LogP contribution in [0.25, 0.3) is 0 Å². The lowest BCUT2D eigenvalue weighted by molar-refractivity contribution is -0.118. The summed E-state index contributed by atoms with van der Waals surface area (Å²) in [6, 6.07) is 7.76. The number of fused-ring (bicyclic) bond motifs is 1. The molecule has 4 heteroatoms. The van der Waals surface area contributed by atoms with E-state index in [1.807, 2.05) is 48.2 Å². The Hall–Kier alpha value is -1.55. The van der Waals surface area contributed by atoms with E-state index in [9.17, 15) is 4.79 Å². The minimum atomic E-state index is 0.168. The highest BCUT2D eigenvalue weighted by Crippen LogP contribution is 2.30. The van der Waals surface area contributed by atoms with E-state index in [1.165, 1.54) is 0 Å². The molecule has 0 radical (unpaired) electrons. The van der Waals surface area contributed by atoms with E-state index in [1.54, 1.807) is 0 Å². The van der Waals surface area contributed by atoms with Gasteiger partial charge in [-0.05, 0) is 32.6 Å². The Morgan fingerprint density at radius 1 is 1.39 bits per heavy atom. The number of nitrogens with zero attached hydrogens (tertiary/aromatic N) is 2. The van der Waals surface area contributed by atoms with Crippen molar-refractivity contribution in [1.82, 2.24) is 4.90 Å². The summed E-state index contributed by atoms with van der Waals surface area (Å²) in [6.07, 6.45) is 1.42. The van der Waals surface area contributed by atoms with Gasteiger partial charge in [-0.3, -0.25) is 4.79 Å². The lowest BCUT2D eigenvalue weighted by atomic mass is 10.2. The van der Waals surface area contributed by atoms with Gasteiger partial charge >= 0.3 is 0 Å². The van der Waals surface area contributed by atoms with Gasteiger partial charge in [0.1, 0.15) is 5.75 Å². The van der Waals surface area contributed by atoms with Gasteiger partial charge in [0.05, 0.1) is 12.3 Å². The van der Waals surface area contributed by atoms with Crippen LogP contribution in [0.3, 0.4) is 0 Å². The molecule has 0 saturated heterocycles. The van der Waals surface area contributed by atoms with Crippen molar-refractivity contribution >= 4 is 11.6 Å². The molecule has 1 aromatic carbocycles. The van der Waals surface area contributed by atoms with E-state index >= 15 is 0 Å². The number of ether oxygens (including phenoxy) is 1. The molecule has 0 N–H and O–H groups in total. The van der Waals surface area contributed by atoms with Gasteiger partial charge in [0.15, 0.2) is 0 Å². The zero-order valence-corrected chi connectivity index (χ0v) is 11.1. The smallest absolute Gasteiger partial charge is 0.228 e. The van der Waals surface area contributed by atoms with Gasteiger partial charge in [-0.1, -0.05) is 12.1 Å². The lowest BCUT2D eigenvalue weighted by Gasteiger charge is -2.22. The highest BCUT2D eigenvalue weighted by Gasteiger charge is 2.21. The Morgan fingerprint density at radius 3 is 2.94 bits per heavy atom. The van der Waals surface area contributed by atoms with Crippen molar-refractivity contribution in [2.24, 2.45) is 0 Å². The summed E-state index contributed by atoms with van der Waals surface area (Å²) >= 11 is 0. The van der Waals surface area contributed by atoms with Crippen LogP contribution in [-0.2, 0) is 4.79 Å². The van der Waals surface area contributed by atoms with E-state index in [4.69, 9.17) is 4.74 Å². The van der Waals surface area contributed by atoms with Gasteiger partial charge in [0.25, 0.3) is 0 Å². The second kappa shape index (κ2) is 5.87. The zero-order chi connectivity index (χ0) is 13.0. The first-order chi connectivity index (χ1) is 8.68. The first kappa shape index (κ1) is 12.9. The molecule has 0 aliphatic carbocycles. The van der Waals surface area contributed by atoms with E-state index in [0.29, 0.717) is 13.0 Å². The van der Waals surface area contributed by atoms with E-state index in [2.05, 4.69) is 0 Å². The topological polar surface area (TPSA) is 32.8 Å². The molecule has 1 amide bonds. The quantitative estimate of drug-likeness (QED) is 0.817. The van der Waals surface area contributed by atoms with Crippen molar-refractivity contribution in [3.8, 4) is 5.75 Å². The number of amides is 1. The van der Waals surface area contributed by atoms with Crippen molar-refractivity contribution < 1.29 is 9.53 Å². The molecule has 1 aliphatic heterocycles. The second-order valence-electron chi connectivity index (χ2n) is 4.77. The molecule has 18 heavy (non-hydrogen) atoms. The minimum Gasteiger partial charge on any atom is -0.491 e. The van der Waals surface area contributed by atoms with Gasteiger partial charge in [-0.15, -0.1) is 0 Å². The molecule has 0 aromatic heterocycles. The zero-order valence-electron chi connectivity index (χ0n) is 11.1. The summed E-state index contributed by atoms with van der Waals surface area (Å²) in [6.45, 7) is 2.19. The maximum Gasteiger partial charge on any atom is 0.228 e. The maximum atomic E-state index is 12.3. The van der Waals surface area contributed by atoms with Crippen molar-refractivity contribution in [1.29, 1.82) is 0 Å². The number of benzene rings is 1. The standard InChI is InChI=1S/C14H20N2O2/c1-15(2)10-8-14(17)16-9-5-11-18-13-7-4-3-6-12(13)16/h3-4,6-7H,5,8-11H2,1-2H3. The first-order valence-electron chi connectivity index (χ1n) is 6.35. The van der Waals surface area contributed by atoms with Gasteiger partial charge in [0, 0.05) is 19.5 Å². The van der Waals surface area contributed by atoms with Gasteiger partial charge in [-0.25, -0.2) is 0 Å². The first-order valence-corrected chi connectivity index (χ1v) is 6.35. The number of carbonyl (C=O) groups is 1. The molecule has 0 bridgehead atoms. The molecule has 1 heterocycles. The SMILES string of the molecule is CN(C)CCC(=O)N1CCCOc2ccccc21. The van der Waals surface area contributed by atoms with Crippen LogP contribution in [0, 0.1) is 0 Å². The molecule has 0 fully saturated rings. The number of carbonyl (C=O) groups excluding carboxylic acids is 1. The third-order valence-electron chi connectivity index (χ3n) is 3.01. The van der Waals surface area contributed by atoms with Crippen LogP contribution in [0.15, 0.2) is 24.3 Å². The number of hydrogen-bond donors (Lipinski definition) is 0. The Kier molecular flexibility index (Phi) is 4.20. The van der Waals surface area contributed by atoms with E-state index < -0.39 is 0 Å². The molecular formula is C14H20N2O2. The third-order valence-corrected chi connectivity index (χ3v) is 3.01. The third kappa shape index (κ3) is 3.01. The molecule has 0 atom stereocenters. The number of rotatable bonds is 3. The summed E-state index contributed by atoms with van der Waals surface area (Å²) in [7, 11) is 3.96. The van der Waals surface area contributed by atoms with Crippen molar-refractivity contribution in [2.45, 2.75) is 12.8 Å². The largest absolute Gasteiger partial charge is 0.491 e. The summed E-state index contributed by atoms with van der Waals surface area (Å²) in [4.78, 5) is 16.1.